The van der Waals surface area contributed by atoms with Crippen LogP contribution in [0.3, 0.4) is 0 Å². The third kappa shape index (κ3) is 1.22. The van der Waals surface area contributed by atoms with E-state index < -0.39 is 0 Å². The Balaban J connectivity index is 2.43. The normalized spacial score (nSPS) is 16.8. The summed E-state index contributed by atoms with van der Waals surface area (Å²) < 4.78 is 7.60. The quantitative estimate of drug-likeness (QED) is 0.682. The van der Waals surface area contributed by atoms with E-state index in [4.69, 9.17) is 16.2 Å². The molecule has 0 radical (unpaired) electrons. The predicted molar refractivity (Wildman–Crippen MR) is 50.6 cm³/mol. The second-order valence-corrected chi connectivity index (χ2v) is 3.41. The summed E-state index contributed by atoms with van der Waals surface area (Å²) in [5.74, 6) is 0.912. The van der Waals surface area contributed by atoms with E-state index in [2.05, 4.69) is 10.8 Å². The van der Waals surface area contributed by atoms with Crippen LogP contribution >= 0.6 is 0 Å². The molecule has 13 heavy (non-hydrogen) atoms. The van der Waals surface area contributed by atoms with Crippen LogP contribution in [0.15, 0.2) is 6.20 Å². The SMILES string of the molecule is Cc1cn2c(c1C(N)CN)OCC2. The van der Waals surface area contributed by atoms with Crippen molar-refractivity contribution in [2.24, 2.45) is 11.5 Å². The van der Waals surface area contributed by atoms with Gasteiger partial charge >= 0.3 is 0 Å². The van der Waals surface area contributed by atoms with Gasteiger partial charge in [-0.05, 0) is 12.5 Å². The number of nitrogens with two attached hydrogens (primary N) is 2. The lowest BCUT2D eigenvalue weighted by Crippen LogP contribution is -2.21. The van der Waals surface area contributed by atoms with Crippen LogP contribution < -0.4 is 16.2 Å². The van der Waals surface area contributed by atoms with E-state index in [0.717, 1.165) is 24.6 Å². The number of aryl methyl sites for hydroxylation is 1. The molecule has 2 rings (SSSR count). The van der Waals surface area contributed by atoms with E-state index in [1.54, 1.807) is 0 Å². The molecule has 72 valence electrons. The fourth-order valence-corrected chi connectivity index (χ4v) is 1.82. The van der Waals surface area contributed by atoms with Crippen LogP contribution in [0.1, 0.15) is 17.2 Å². The molecule has 1 aromatic rings. The highest BCUT2D eigenvalue weighted by atomic mass is 16.5. The van der Waals surface area contributed by atoms with E-state index in [1.807, 2.05) is 6.92 Å². The molecular weight excluding hydrogens is 166 g/mol. The van der Waals surface area contributed by atoms with Gasteiger partial charge in [-0.25, -0.2) is 0 Å². The molecular formula is C9H15N3O. The monoisotopic (exact) mass is 181 g/mol. The van der Waals surface area contributed by atoms with E-state index in [1.165, 1.54) is 5.56 Å². The topological polar surface area (TPSA) is 66.2 Å². The summed E-state index contributed by atoms with van der Waals surface area (Å²) in [5.41, 5.74) is 13.7. The number of ether oxygens (including phenoxy) is 1. The fraction of sp³-hybridized carbons (Fsp3) is 0.556. The molecule has 0 amide bonds. The first kappa shape index (κ1) is 8.59. The second kappa shape index (κ2) is 3.05. The van der Waals surface area contributed by atoms with E-state index in [-0.39, 0.29) is 6.04 Å². The molecule has 4 N–H and O–H groups in total. The maximum absolute atomic E-state index is 5.89. The number of rotatable bonds is 2. The number of hydrogen-bond donors (Lipinski definition) is 2. The molecule has 4 heteroatoms. The van der Waals surface area contributed by atoms with E-state index >= 15 is 0 Å². The molecule has 4 nitrogen and oxygen atoms in total. The summed E-state index contributed by atoms with van der Waals surface area (Å²) >= 11 is 0. The smallest absolute Gasteiger partial charge is 0.198 e. The zero-order valence-corrected chi connectivity index (χ0v) is 7.79. The lowest BCUT2D eigenvalue weighted by atomic mass is 10.1. The summed E-state index contributed by atoms with van der Waals surface area (Å²) in [6.45, 7) is 4.17. The minimum absolute atomic E-state index is 0.102. The lowest BCUT2D eigenvalue weighted by Gasteiger charge is -2.10. The number of nitrogens with zero attached hydrogens (tertiary/aromatic N) is 1. The van der Waals surface area contributed by atoms with Crippen LogP contribution in [0, 0.1) is 6.92 Å². The Morgan fingerprint density at radius 2 is 2.46 bits per heavy atom. The van der Waals surface area contributed by atoms with Crippen LogP contribution in [0.2, 0.25) is 0 Å². The molecule has 1 aromatic heterocycles. The standard InChI is InChI=1S/C9H15N3O/c1-6-5-12-2-3-13-9(12)8(6)7(11)4-10/h5,7H,2-4,10-11H2,1H3. The van der Waals surface area contributed by atoms with Crippen molar-refractivity contribution in [3.05, 3.63) is 17.3 Å². The van der Waals surface area contributed by atoms with Crippen molar-refractivity contribution in [3.63, 3.8) is 0 Å². The van der Waals surface area contributed by atoms with Crippen molar-refractivity contribution in [2.45, 2.75) is 19.5 Å². The Morgan fingerprint density at radius 3 is 3.15 bits per heavy atom. The Labute approximate surface area is 77.5 Å². The first-order valence-electron chi connectivity index (χ1n) is 4.52. The number of fused-ring (bicyclic) bond motifs is 1. The Kier molecular flexibility index (Phi) is 2.01. The van der Waals surface area contributed by atoms with E-state index in [0.29, 0.717) is 6.54 Å². The predicted octanol–water partition coefficient (Wildman–Crippen LogP) is 0.147. The highest BCUT2D eigenvalue weighted by molar-refractivity contribution is 5.40. The number of aromatic nitrogens is 1. The van der Waals surface area contributed by atoms with Crippen molar-refractivity contribution in [3.8, 4) is 5.88 Å². The van der Waals surface area contributed by atoms with Crippen molar-refractivity contribution in [1.29, 1.82) is 0 Å². The number of hydrogen-bond acceptors (Lipinski definition) is 3. The zero-order valence-electron chi connectivity index (χ0n) is 7.79. The molecule has 0 aromatic carbocycles. The fourth-order valence-electron chi connectivity index (χ4n) is 1.82. The van der Waals surface area contributed by atoms with Crippen molar-refractivity contribution in [1.82, 2.24) is 4.57 Å². The van der Waals surface area contributed by atoms with Gasteiger partial charge in [-0.15, -0.1) is 0 Å². The molecule has 1 aliphatic rings. The Morgan fingerprint density at radius 1 is 1.69 bits per heavy atom. The van der Waals surface area contributed by atoms with Crippen molar-refractivity contribution >= 4 is 0 Å². The highest BCUT2D eigenvalue weighted by Gasteiger charge is 2.22. The maximum atomic E-state index is 5.89. The van der Waals surface area contributed by atoms with Crippen molar-refractivity contribution in [2.75, 3.05) is 13.2 Å². The molecule has 1 unspecified atom stereocenters. The summed E-state index contributed by atoms with van der Waals surface area (Å²) in [5, 5.41) is 0. The minimum atomic E-state index is -0.102. The van der Waals surface area contributed by atoms with Gasteiger partial charge in [-0.1, -0.05) is 0 Å². The van der Waals surface area contributed by atoms with Crippen LogP contribution in [0.4, 0.5) is 0 Å². The second-order valence-electron chi connectivity index (χ2n) is 3.41. The average molecular weight is 181 g/mol. The summed E-state index contributed by atoms with van der Waals surface area (Å²) in [6, 6.07) is -0.102. The minimum Gasteiger partial charge on any atom is -0.477 e. The molecule has 0 saturated heterocycles. The maximum Gasteiger partial charge on any atom is 0.198 e. The third-order valence-corrected chi connectivity index (χ3v) is 2.46. The molecule has 0 bridgehead atoms. The van der Waals surface area contributed by atoms with Gasteiger partial charge in [-0.3, -0.25) is 0 Å². The molecule has 0 saturated carbocycles. The third-order valence-electron chi connectivity index (χ3n) is 2.46. The van der Waals surface area contributed by atoms with E-state index in [9.17, 15) is 0 Å². The molecule has 0 aliphatic carbocycles. The summed E-state index contributed by atoms with van der Waals surface area (Å²) in [6.07, 6.45) is 2.08. The average Bonchev–Trinajstić information content (AvgIpc) is 2.62. The molecule has 0 fully saturated rings. The first-order chi connectivity index (χ1) is 6.24. The van der Waals surface area contributed by atoms with Crippen LogP contribution in [0.5, 0.6) is 5.88 Å². The lowest BCUT2D eigenvalue weighted by molar-refractivity contribution is 0.351. The first-order valence-corrected chi connectivity index (χ1v) is 4.52. The van der Waals surface area contributed by atoms with Gasteiger partial charge in [0.2, 0.25) is 0 Å². The zero-order chi connectivity index (χ0) is 9.42. The van der Waals surface area contributed by atoms with Gasteiger partial charge in [0.15, 0.2) is 5.88 Å². The van der Waals surface area contributed by atoms with Gasteiger partial charge in [0.25, 0.3) is 0 Å². The van der Waals surface area contributed by atoms with Crippen LogP contribution in [0.25, 0.3) is 0 Å². The largest absolute Gasteiger partial charge is 0.477 e. The van der Waals surface area contributed by atoms with Crippen LogP contribution in [-0.2, 0) is 6.54 Å². The summed E-state index contributed by atoms with van der Waals surface area (Å²) in [7, 11) is 0. The van der Waals surface area contributed by atoms with Gasteiger partial charge in [0.1, 0.15) is 6.61 Å². The van der Waals surface area contributed by atoms with Crippen molar-refractivity contribution < 1.29 is 4.74 Å². The molecule has 1 aliphatic heterocycles. The van der Waals surface area contributed by atoms with Gasteiger partial charge in [-0.2, -0.15) is 0 Å². The molecule has 0 spiro atoms. The van der Waals surface area contributed by atoms with Gasteiger partial charge < -0.3 is 20.8 Å². The highest BCUT2D eigenvalue weighted by Crippen LogP contribution is 2.31. The summed E-state index contributed by atoms with van der Waals surface area (Å²) in [4.78, 5) is 0. The Bertz CT molecular complexity index is 319. The van der Waals surface area contributed by atoms with Gasteiger partial charge in [0.05, 0.1) is 6.54 Å². The van der Waals surface area contributed by atoms with Gasteiger partial charge in [0, 0.05) is 24.3 Å². The van der Waals surface area contributed by atoms with Crippen LogP contribution in [-0.4, -0.2) is 17.7 Å². The molecule has 2 heterocycles. The Hall–Kier alpha value is -1.00. The molecule has 1 atom stereocenters.